The van der Waals surface area contributed by atoms with E-state index < -0.39 is 28.3 Å². The van der Waals surface area contributed by atoms with Crippen LogP contribution in [-0.4, -0.2) is 33.2 Å². The van der Waals surface area contributed by atoms with Crippen molar-refractivity contribution < 1.29 is 22.7 Å². The van der Waals surface area contributed by atoms with Gasteiger partial charge in [-0.1, -0.05) is 48.0 Å². The Kier molecular flexibility index (Phi) is 5.67. The third-order valence-corrected chi connectivity index (χ3v) is 5.42. The molecule has 1 N–H and O–H groups in total. The van der Waals surface area contributed by atoms with Crippen molar-refractivity contribution in [2.24, 2.45) is 0 Å². The van der Waals surface area contributed by atoms with Gasteiger partial charge in [0, 0.05) is 6.26 Å². The minimum absolute atomic E-state index is 0.0138. The SMILES string of the molecule is CS(=O)(=O)c1ccc(Cl)c(NC(=O)COC(=O)c2cccc3ccccc23)c1. The van der Waals surface area contributed by atoms with Crippen molar-refractivity contribution in [3.63, 3.8) is 0 Å². The molecule has 3 rings (SSSR count). The van der Waals surface area contributed by atoms with Crippen molar-refractivity contribution in [3.8, 4) is 0 Å². The minimum Gasteiger partial charge on any atom is -0.452 e. The number of hydrogen-bond acceptors (Lipinski definition) is 5. The molecular formula is C20H16ClNO5S. The van der Waals surface area contributed by atoms with Crippen molar-refractivity contribution in [1.82, 2.24) is 0 Å². The summed E-state index contributed by atoms with van der Waals surface area (Å²) in [6.07, 6.45) is 1.05. The van der Waals surface area contributed by atoms with E-state index in [0.717, 1.165) is 17.0 Å². The molecule has 144 valence electrons. The molecule has 0 unspecified atom stereocenters. The second-order valence-corrected chi connectivity index (χ2v) is 8.49. The topological polar surface area (TPSA) is 89.5 Å². The van der Waals surface area contributed by atoms with Gasteiger partial charge >= 0.3 is 5.97 Å². The number of hydrogen-bond donors (Lipinski definition) is 1. The van der Waals surface area contributed by atoms with Crippen LogP contribution in [0.1, 0.15) is 10.4 Å². The van der Waals surface area contributed by atoms with Gasteiger partial charge in [0.05, 0.1) is 21.2 Å². The largest absolute Gasteiger partial charge is 0.452 e. The Bertz CT molecular complexity index is 1170. The smallest absolute Gasteiger partial charge is 0.339 e. The third kappa shape index (κ3) is 4.49. The summed E-state index contributed by atoms with van der Waals surface area (Å²) >= 11 is 6.00. The molecular weight excluding hydrogens is 402 g/mol. The first-order valence-electron chi connectivity index (χ1n) is 8.20. The van der Waals surface area contributed by atoms with Gasteiger partial charge in [-0.3, -0.25) is 4.79 Å². The van der Waals surface area contributed by atoms with E-state index in [2.05, 4.69) is 5.32 Å². The van der Waals surface area contributed by atoms with Gasteiger partial charge in [-0.2, -0.15) is 0 Å². The Morgan fingerprint density at radius 2 is 1.75 bits per heavy atom. The lowest BCUT2D eigenvalue weighted by Crippen LogP contribution is -2.21. The summed E-state index contributed by atoms with van der Waals surface area (Å²) in [7, 11) is -3.46. The molecule has 0 saturated heterocycles. The number of rotatable bonds is 5. The Balaban J connectivity index is 1.70. The monoisotopic (exact) mass is 417 g/mol. The van der Waals surface area contributed by atoms with Crippen molar-refractivity contribution >= 4 is 49.8 Å². The third-order valence-electron chi connectivity index (χ3n) is 3.98. The quantitative estimate of drug-likeness (QED) is 0.639. The van der Waals surface area contributed by atoms with Crippen molar-refractivity contribution in [3.05, 3.63) is 71.2 Å². The zero-order valence-electron chi connectivity index (χ0n) is 14.8. The van der Waals surface area contributed by atoms with E-state index in [1.165, 1.54) is 18.2 Å². The van der Waals surface area contributed by atoms with E-state index in [0.29, 0.717) is 5.56 Å². The molecule has 0 bridgehead atoms. The van der Waals surface area contributed by atoms with Crippen LogP contribution in [0.25, 0.3) is 10.8 Å². The van der Waals surface area contributed by atoms with Gasteiger partial charge in [0.2, 0.25) is 0 Å². The molecule has 0 radical (unpaired) electrons. The van der Waals surface area contributed by atoms with Crippen LogP contribution < -0.4 is 5.32 Å². The molecule has 3 aromatic rings. The highest BCUT2D eigenvalue weighted by Gasteiger charge is 2.15. The summed E-state index contributed by atoms with van der Waals surface area (Å²) in [5.41, 5.74) is 0.471. The number of carbonyl (C=O) groups excluding carboxylic acids is 2. The van der Waals surface area contributed by atoms with Crippen molar-refractivity contribution in [1.29, 1.82) is 0 Å². The molecule has 3 aromatic carbocycles. The number of esters is 1. The highest BCUT2D eigenvalue weighted by Crippen LogP contribution is 2.25. The average molecular weight is 418 g/mol. The zero-order valence-corrected chi connectivity index (χ0v) is 16.4. The van der Waals surface area contributed by atoms with Crippen LogP contribution in [0.5, 0.6) is 0 Å². The summed E-state index contributed by atoms with van der Waals surface area (Å²) in [6, 6.07) is 16.5. The highest BCUT2D eigenvalue weighted by atomic mass is 35.5. The lowest BCUT2D eigenvalue weighted by Gasteiger charge is -2.10. The molecule has 0 aromatic heterocycles. The maximum absolute atomic E-state index is 12.4. The maximum atomic E-state index is 12.4. The van der Waals surface area contributed by atoms with E-state index >= 15 is 0 Å². The first-order chi connectivity index (χ1) is 13.3. The molecule has 0 spiro atoms. The maximum Gasteiger partial charge on any atom is 0.339 e. The van der Waals surface area contributed by atoms with Crippen LogP contribution in [0.3, 0.4) is 0 Å². The van der Waals surface area contributed by atoms with E-state index in [-0.39, 0.29) is 15.6 Å². The number of benzene rings is 3. The van der Waals surface area contributed by atoms with E-state index in [4.69, 9.17) is 16.3 Å². The fourth-order valence-electron chi connectivity index (χ4n) is 2.63. The molecule has 1 amide bonds. The molecule has 0 aliphatic heterocycles. The summed E-state index contributed by atoms with van der Waals surface area (Å²) in [5, 5.41) is 4.22. The van der Waals surface area contributed by atoms with Gasteiger partial charge in [0.25, 0.3) is 5.91 Å². The minimum atomic E-state index is -3.46. The second kappa shape index (κ2) is 8.00. The van der Waals surface area contributed by atoms with Crippen LogP contribution in [-0.2, 0) is 19.4 Å². The summed E-state index contributed by atoms with van der Waals surface area (Å²) < 4.78 is 28.4. The normalized spacial score (nSPS) is 11.2. The molecule has 0 fully saturated rings. The Morgan fingerprint density at radius 1 is 1.04 bits per heavy atom. The van der Waals surface area contributed by atoms with Crippen LogP contribution in [0.15, 0.2) is 65.6 Å². The van der Waals surface area contributed by atoms with Gasteiger partial charge in [-0.05, 0) is 35.0 Å². The molecule has 0 atom stereocenters. The van der Waals surface area contributed by atoms with Crippen molar-refractivity contribution in [2.45, 2.75) is 4.90 Å². The number of ether oxygens (including phenoxy) is 1. The highest BCUT2D eigenvalue weighted by molar-refractivity contribution is 7.90. The van der Waals surface area contributed by atoms with Crippen LogP contribution in [0.4, 0.5) is 5.69 Å². The van der Waals surface area contributed by atoms with Crippen LogP contribution in [0.2, 0.25) is 5.02 Å². The summed E-state index contributed by atoms with van der Waals surface area (Å²) in [4.78, 5) is 24.5. The van der Waals surface area contributed by atoms with Gasteiger partial charge < -0.3 is 10.1 Å². The first-order valence-corrected chi connectivity index (χ1v) is 10.5. The van der Waals surface area contributed by atoms with Crippen molar-refractivity contribution in [2.75, 3.05) is 18.2 Å². The predicted molar refractivity (Wildman–Crippen MR) is 107 cm³/mol. The Labute approximate surface area is 167 Å². The summed E-state index contributed by atoms with van der Waals surface area (Å²) in [5.74, 6) is -1.27. The van der Waals surface area contributed by atoms with Gasteiger partial charge in [0.15, 0.2) is 16.4 Å². The summed E-state index contributed by atoms with van der Waals surface area (Å²) in [6.45, 7) is -0.540. The number of halogens is 1. The number of amides is 1. The number of sulfone groups is 1. The number of anilines is 1. The van der Waals surface area contributed by atoms with Gasteiger partial charge in [0.1, 0.15) is 0 Å². The van der Waals surface area contributed by atoms with E-state index in [9.17, 15) is 18.0 Å². The molecule has 6 nitrogen and oxygen atoms in total. The fraction of sp³-hybridized carbons (Fsp3) is 0.100. The van der Waals surface area contributed by atoms with E-state index in [1.807, 2.05) is 24.3 Å². The average Bonchev–Trinajstić information content (AvgIpc) is 2.66. The van der Waals surface area contributed by atoms with Gasteiger partial charge in [-0.25, -0.2) is 13.2 Å². The lowest BCUT2D eigenvalue weighted by atomic mass is 10.1. The first kappa shape index (κ1) is 19.9. The number of fused-ring (bicyclic) bond motifs is 1. The molecule has 0 aliphatic carbocycles. The predicted octanol–water partition coefficient (Wildman–Crippen LogP) is 3.69. The van der Waals surface area contributed by atoms with Crippen LogP contribution >= 0.6 is 11.6 Å². The van der Waals surface area contributed by atoms with E-state index in [1.54, 1.807) is 18.2 Å². The number of nitrogens with one attached hydrogen (secondary N) is 1. The number of carbonyl (C=O) groups is 2. The molecule has 8 heteroatoms. The van der Waals surface area contributed by atoms with Gasteiger partial charge in [-0.15, -0.1) is 0 Å². The Hall–Kier alpha value is -2.90. The second-order valence-electron chi connectivity index (χ2n) is 6.06. The molecule has 0 heterocycles. The fourth-order valence-corrected chi connectivity index (χ4v) is 3.44. The lowest BCUT2D eigenvalue weighted by molar-refractivity contribution is -0.119. The molecule has 0 saturated carbocycles. The molecule has 0 aliphatic rings. The standard InChI is InChI=1S/C20H16ClNO5S/c1-28(25,26)14-9-10-17(21)18(11-14)22-19(23)12-27-20(24)16-8-4-6-13-5-2-3-7-15(13)16/h2-11H,12H2,1H3,(H,22,23). The zero-order chi connectivity index (χ0) is 20.3. The molecule has 28 heavy (non-hydrogen) atoms. The van der Waals surface area contributed by atoms with Crippen LogP contribution in [0, 0.1) is 0 Å². The Morgan fingerprint density at radius 3 is 2.50 bits per heavy atom.